The van der Waals surface area contributed by atoms with E-state index in [1.165, 1.54) is 6.42 Å². The largest absolute Gasteiger partial charge is 0.314 e. The molecule has 0 aromatic carbocycles. The highest BCUT2D eigenvalue weighted by atomic mass is 16.2. The van der Waals surface area contributed by atoms with Crippen LogP contribution in [0.15, 0.2) is 0 Å². The molecular weight excluding hydrogens is 210 g/mol. The van der Waals surface area contributed by atoms with Crippen molar-refractivity contribution in [3.63, 3.8) is 0 Å². The lowest BCUT2D eigenvalue weighted by atomic mass is 9.88. The second-order valence-electron chi connectivity index (χ2n) is 7.02. The summed E-state index contributed by atoms with van der Waals surface area (Å²) < 4.78 is 0.796. The van der Waals surface area contributed by atoms with Crippen molar-refractivity contribution < 1.29 is 9.28 Å². The molecule has 17 heavy (non-hydrogen) atoms. The molecule has 0 aromatic heterocycles. The lowest BCUT2D eigenvalue weighted by Crippen LogP contribution is -2.35. The molecule has 2 unspecified atom stereocenters. The molecule has 2 saturated heterocycles. The predicted octanol–water partition coefficient (Wildman–Crippen LogP) is 3.75. The Labute approximate surface area is 107 Å². The first-order chi connectivity index (χ1) is 7.72. The highest BCUT2D eigenvalue weighted by molar-refractivity contribution is 5.73. The number of carbonyl (C=O) groups is 1. The van der Waals surface area contributed by atoms with Gasteiger partial charge in [0.15, 0.2) is 11.6 Å². The van der Waals surface area contributed by atoms with Gasteiger partial charge in [0.05, 0.1) is 13.0 Å². The normalized spacial score (nSPS) is 34.5. The number of amides is 1. The summed E-state index contributed by atoms with van der Waals surface area (Å²) in [7, 11) is 0. The summed E-state index contributed by atoms with van der Waals surface area (Å²) in [6.45, 7) is 16.5. The smallest absolute Gasteiger partial charge is 0.244 e. The zero-order valence-electron chi connectivity index (χ0n) is 12.8. The molecule has 2 heteroatoms. The Bertz CT molecular complexity index is 301. The molecule has 0 N–H and O–H groups in total. The first-order valence-electron chi connectivity index (χ1n) is 7.13. The summed E-state index contributed by atoms with van der Waals surface area (Å²) in [5, 5.41) is 0. The topological polar surface area (TPSA) is 17.1 Å². The van der Waals surface area contributed by atoms with E-state index < -0.39 is 0 Å². The van der Waals surface area contributed by atoms with Crippen LogP contribution in [-0.2, 0) is 4.79 Å². The fourth-order valence-electron chi connectivity index (χ4n) is 3.58. The fourth-order valence-corrected chi connectivity index (χ4v) is 3.58. The Hall–Kier alpha value is -0.370. The van der Waals surface area contributed by atoms with Crippen molar-refractivity contribution >= 4 is 5.91 Å². The molecule has 2 heterocycles. The first-order valence-corrected chi connectivity index (χ1v) is 7.13. The number of rotatable bonds is 1. The van der Waals surface area contributed by atoms with Gasteiger partial charge in [0.25, 0.3) is 0 Å². The third-order valence-electron chi connectivity index (χ3n) is 4.46. The average molecular weight is 240 g/mol. The number of nitrogens with zero attached hydrogens (tertiary/aromatic N) is 1. The van der Waals surface area contributed by atoms with E-state index in [0.717, 1.165) is 23.9 Å². The fraction of sp³-hybridized carbons (Fsp3) is 0.933. The van der Waals surface area contributed by atoms with E-state index in [-0.39, 0.29) is 5.54 Å². The van der Waals surface area contributed by atoms with Crippen LogP contribution in [-0.4, -0.2) is 28.5 Å². The van der Waals surface area contributed by atoms with Crippen LogP contribution in [0.1, 0.15) is 67.7 Å². The van der Waals surface area contributed by atoms with Gasteiger partial charge in [0.1, 0.15) is 0 Å². The van der Waals surface area contributed by atoms with Gasteiger partial charge in [-0.1, -0.05) is 34.6 Å². The highest BCUT2D eigenvalue weighted by Crippen LogP contribution is 2.57. The van der Waals surface area contributed by atoms with Gasteiger partial charge in [-0.05, 0) is 19.3 Å². The molecule has 2 atom stereocenters. The zero-order chi connectivity index (χ0) is 13.5. The summed E-state index contributed by atoms with van der Waals surface area (Å²) in [5.41, 5.74) is 0.549. The Morgan fingerprint density at radius 1 is 1.29 bits per heavy atom. The number of quaternary nitrogens is 1. The SMILES string of the molecule is CC.CC(C)(C)CC1C(C)(C)[N+]12CCCC2=O. The third kappa shape index (κ3) is 2.16. The van der Waals surface area contributed by atoms with Gasteiger partial charge in [0.2, 0.25) is 0 Å². The Balaban J connectivity index is 0.000000686. The van der Waals surface area contributed by atoms with E-state index in [2.05, 4.69) is 34.6 Å². The molecule has 2 fully saturated rings. The van der Waals surface area contributed by atoms with Gasteiger partial charge in [-0.15, -0.1) is 0 Å². The number of hydrogen-bond acceptors (Lipinski definition) is 1. The average Bonchev–Trinajstić information content (AvgIpc) is 2.56. The van der Waals surface area contributed by atoms with Gasteiger partial charge in [-0.2, -0.15) is 0 Å². The molecule has 2 rings (SSSR count). The van der Waals surface area contributed by atoms with Crippen molar-refractivity contribution in [3.8, 4) is 0 Å². The van der Waals surface area contributed by atoms with Crippen LogP contribution in [0.2, 0.25) is 0 Å². The molecule has 1 spiro atoms. The van der Waals surface area contributed by atoms with E-state index in [0.29, 0.717) is 17.4 Å². The molecule has 0 radical (unpaired) electrons. The number of carbonyl (C=O) groups excluding carboxylic acids is 1. The predicted molar refractivity (Wildman–Crippen MR) is 72.7 cm³/mol. The van der Waals surface area contributed by atoms with Crippen molar-refractivity contribution in [1.82, 2.24) is 0 Å². The van der Waals surface area contributed by atoms with Gasteiger partial charge in [-0.25, -0.2) is 9.28 Å². The molecule has 100 valence electrons. The molecule has 2 aliphatic heterocycles. The van der Waals surface area contributed by atoms with Crippen molar-refractivity contribution in [2.24, 2.45) is 5.41 Å². The van der Waals surface area contributed by atoms with Crippen LogP contribution >= 0.6 is 0 Å². The summed E-state index contributed by atoms with van der Waals surface area (Å²) in [6.07, 6.45) is 3.08. The van der Waals surface area contributed by atoms with Crippen LogP contribution in [0.25, 0.3) is 0 Å². The molecular formula is C15H30NO+. The molecule has 2 nitrogen and oxygen atoms in total. The lowest BCUT2D eigenvalue weighted by Gasteiger charge is -2.18. The summed E-state index contributed by atoms with van der Waals surface area (Å²) in [6, 6.07) is 0.576. The first kappa shape index (κ1) is 14.7. The van der Waals surface area contributed by atoms with E-state index in [9.17, 15) is 4.79 Å². The van der Waals surface area contributed by atoms with E-state index >= 15 is 0 Å². The van der Waals surface area contributed by atoms with Crippen LogP contribution in [0.4, 0.5) is 0 Å². The molecule has 1 amide bonds. The van der Waals surface area contributed by atoms with Crippen LogP contribution in [0.3, 0.4) is 0 Å². The maximum atomic E-state index is 12.0. The second-order valence-corrected chi connectivity index (χ2v) is 7.02. The van der Waals surface area contributed by atoms with Gasteiger partial charge >= 0.3 is 5.91 Å². The van der Waals surface area contributed by atoms with E-state index in [1.807, 2.05) is 13.8 Å². The molecule has 0 saturated carbocycles. The Morgan fingerprint density at radius 2 is 1.82 bits per heavy atom. The minimum Gasteiger partial charge on any atom is -0.244 e. The zero-order valence-corrected chi connectivity index (χ0v) is 12.8. The highest BCUT2D eigenvalue weighted by Gasteiger charge is 2.78. The van der Waals surface area contributed by atoms with Crippen molar-refractivity contribution in [2.45, 2.75) is 79.3 Å². The molecule has 0 aliphatic carbocycles. The van der Waals surface area contributed by atoms with E-state index in [1.54, 1.807) is 0 Å². The van der Waals surface area contributed by atoms with Gasteiger partial charge in [0, 0.05) is 12.8 Å². The van der Waals surface area contributed by atoms with Crippen molar-refractivity contribution in [3.05, 3.63) is 0 Å². The maximum Gasteiger partial charge on any atom is 0.314 e. The summed E-state index contributed by atoms with van der Waals surface area (Å²) in [5.74, 6) is 0.495. The second kappa shape index (κ2) is 4.38. The quantitative estimate of drug-likeness (QED) is 0.504. The Morgan fingerprint density at radius 3 is 2.18 bits per heavy atom. The van der Waals surface area contributed by atoms with Crippen LogP contribution < -0.4 is 0 Å². The Kier molecular flexibility index (Phi) is 3.79. The van der Waals surface area contributed by atoms with Gasteiger partial charge in [-0.3, -0.25) is 0 Å². The minimum absolute atomic E-state index is 0.209. The molecule has 0 bridgehead atoms. The molecule has 0 aromatic rings. The van der Waals surface area contributed by atoms with Crippen LogP contribution in [0, 0.1) is 5.41 Å². The molecule has 2 aliphatic rings. The maximum absolute atomic E-state index is 12.0. The standard InChI is InChI=1S/C13H24NO.C2H6/c1-12(2,3)9-10-13(4,5)14(10)8-6-7-11(14)15;1-2/h10H,6-9H2,1-5H3;1-2H3/q+1;. The van der Waals surface area contributed by atoms with Gasteiger partial charge < -0.3 is 0 Å². The minimum atomic E-state index is 0.209. The number of hydrogen-bond donors (Lipinski definition) is 0. The summed E-state index contributed by atoms with van der Waals surface area (Å²) >= 11 is 0. The monoisotopic (exact) mass is 240 g/mol. The van der Waals surface area contributed by atoms with Crippen LogP contribution in [0.5, 0.6) is 0 Å². The van der Waals surface area contributed by atoms with Crippen molar-refractivity contribution in [2.75, 3.05) is 6.54 Å². The third-order valence-corrected chi connectivity index (χ3v) is 4.46. The van der Waals surface area contributed by atoms with Crippen molar-refractivity contribution in [1.29, 1.82) is 0 Å². The lowest BCUT2D eigenvalue weighted by molar-refractivity contribution is -0.752. The summed E-state index contributed by atoms with van der Waals surface area (Å²) in [4.78, 5) is 12.0. The van der Waals surface area contributed by atoms with E-state index in [4.69, 9.17) is 0 Å².